The summed E-state index contributed by atoms with van der Waals surface area (Å²) < 4.78 is 18.9. The highest BCUT2D eigenvalue weighted by Crippen LogP contribution is 2.29. The average molecular weight is 321 g/mol. The monoisotopic (exact) mass is 321 g/mol. The Morgan fingerprint density at radius 1 is 1.04 bits per heavy atom. The van der Waals surface area contributed by atoms with Gasteiger partial charge in [0.05, 0.1) is 6.42 Å². The smallest absolute Gasteiger partial charge is 0.321 e. The van der Waals surface area contributed by atoms with Crippen LogP contribution >= 0.6 is 0 Å². The molecule has 0 bridgehead atoms. The number of hydrogen-bond donors (Lipinski definition) is 1. The van der Waals surface area contributed by atoms with E-state index in [1.54, 1.807) is 24.5 Å². The van der Waals surface area contributed by atoms with Crippen molar-refractivity contribution < 1.29 is 13.9 Å². The van der Waals surface area contributed by atoms with Crippen LogP contribution in [0.25, 0.3) is 11.1 Å². The van der Waals surface area contributed by atoms with Gasteiger partial charge in [-0.3, -0.25) is 4.79 Å². The predicted molar refractivity (Wildman–Crippen MR) is 86.3 cm³/mol. The third kappa shape index (κ3) is 2.69. The first-order chi connectivity index (χ1) is 11.7. The van der Waals surface area contributed by atoms with Crippen LogP contribution in [0.2, 0.25) is 0 Å². The molecule has 2 aromatic carbocycles. The third-order valence-electron chi connectivity index (χ3n) is 3.73. The fourth-order valence-electron chi connectivity index (χ4n) is 2.55. The molecule has 4 rings (SSSR count). The van der Waals surface area contributed by atoms with Crippen molar-refractivity contribution in [2.75, 3.05) is 5.32 Å². The van der Waals surface area contributed by atoms with Crippen LogP contribution in [0.15, 0.2) is 54.9 Å². The molecule has 5 nitrogen and oxygen atoms in total. The summed E-state index contributed by atoms with van der Waals surface area (Å²) in [5.41, 5.74) is 3.48. The first-order valence-electron chi connectivity index (χ1n) is 7.36. The van der Waals surface area contributed by atoms with Gasteiger partial charge in [0.1, 0.15) is 0 Å². The van der Waals surface area contributed by atoms with Crippen molar-refractivity contribution >= 4 is 11.6 Å². The van der Waals surface area contributed by atoms with E-state index >= 15 is 0 Å². The van der Waals surface area contributed by atoms with Gasteiger partial charge in [-0.25, -0.2) is 14.4 Å². The van der Waals surface area contributed by atoms with Crippen LogP contribution in [-0.2, 0) is 11.2 Å². The number of halogens is 1. The van der Waals surface area contributed by atoms with E-state index in [0.29, 0.717) is 6.42 Å². The number of aromatic nitrogens is 2. The molecule has 6 heteroatoms. The molecular weight excluding hydrogens is 309 g/mol. The van der Waals surface area contributed by atoms with Crippen LogP contribution < -0.4 is 10.1 Å². The normalized spacial score (nSPS) is 12.6. The summed E-state index contributed by atoms with van der Waals surface area (Å²) >= 11 is 0. The molecule has 1 N–H and O–H groups in total. The largest absolute Gasteiger partial charge is 0.421 e. The molecule has 1 aliphatic heterocycles. The van der Waals surface area contributed by atoms with Gasteiger partial charge in [-0.2, -0.15) is 0 Å². The van der Waals surface area contributed by atoms with Gasteiger partial charge in [-0.15, -0.1) is 0 Å². The van der Waals surface area contributed by atoms with Crippen LogP contribution in [0.5, 0.6) is 11.8 Å². The van der Waals surface area contributed by atoms with E-state index < -0.39 is 5.82 Å². The van der Waals surface area contributed by atoms with Crippen molar-refractivity contribution in [1.82, 2.24) is 9.97 Å². The molecule has 0 fully saturated rings. The molecule has 0 saturated heterocycles. The number of carbonyl (C=O) groups excluding carboxylic acids is 1. The summed E-state index contributed by atoms with van der Waals surface area (Å²) in [5.74, 6) is -0.402. The maximum Gasteiger partial charge on any atom is 0.321 e. The second-order valence-corrected chi connectivity index (χ2v) is 5.38. The third-order valence-corrected chi connectivity index (χ3v) is 3.73. The van der Waals surface area contributed by atoms with Crippen LogP contribution in [0.3, 0.4) is 0 Å². The molecule has 1 aromatic heterocycles. The van der Waals surface area contributed by atoms with Crippen LogP contribution in [0, 0.1) is 5.82 Å². The van der Waals surface area contributed by atoms with E-state index in [1.165, 1.54) is 12.1 Å². The number of nitrogens with zero attached hydrogens (tertiary/aromatic N) is 2. The van der Waals surface area contributed by atoms with Crippen LogP contribution in [0.1, 0.15) is 5.56 Å². The van der Waals surface area contributed by atoms with E-state index in [1.807, 2.05) is 18.2 Å². The van der Waals surface area contributed by atoms with E-state index in [-0.39, 0.29) is 17.7 Å². The minimum Gasteiger partial charge on any atom is -0.421 e. The zero-order valence-electron chi connectivity index (χ0n) is 12.5. The first-order valence-corrected chi connectivity index (χ1v) is 7.36. The molecule has 2 heterocycles. The number of anilines is 1. The Labute approximate surface area is 137 Å². The summed E-state index contributed by atoms with van der Waals surface area (Å²) in [6.45, 7) is 0. The Hall–Kier alpha value is -3.28. The lowest BCUT2D eigenvalue weighted by Crippen LogP contribution is -2.03. The van der Waals surface area contributed by atoms with E-state index in [4.69, 9.17) is 4.74 Å². The Morgan fingerprint density at radius 3 is 2.62 bits per heavy atom. The Bertz CT molecular complexity index is 926. The topological polar surface area (TPSA) is 64.1 Å². The lowest BCUT2D eigenvalue weighted by molar-refractivity contribution is -0.115. The quantitative estimate of drug-likeness (QED) is 0.801. The summed E-state index contributed by atoms with van der Waals surface area (Å²) in [6.07, 6.45) is 3.59. The number of para-hydroxylation sites is 1. The molecule has 0 aliphatic carbocycles. The van der Waals surface area contributed by atoms with Gasteiger partial charge in [-0.1, -0.05) is 18.2 Å². The first kappa shape index (κ1) is 14.3. The maximum atomic E-state index is 13.6. The highest BCUT2D eigenvalue weighted by atomic mass is 19.1. The number of rotatable bonds is 3. The summed E-state index contributed by atoms with van der Waals surface area (Å²) in [7, 11) is 0. The maximum absolute atomic E-state index is 13.6. The fraction of sp³-hybridized carbons (Fsp3) is 0.0556. The minimum atomic E-state index is -0.471. The van der Waals surface area contributed by atoms with Crippen LogP contribution in [-0.4, -0.2) is 15.9 Å². The van der Waals surface area contributed by atoms with Crippen molar-refractivity contribution in [1.29, 1.82) is 0 Å². The van der Waals surface area contributed by atoms with Gasteiger partial charge in [0.15, 0.2) is 11.6 Å². The second-order valence-electron chi connectivity index (χ2n) is 5.38. The molecule has 118 valence electrons. The van der Waals surface area contributed by atoms with Crippen molar-refractivity contribution in [3.63, 3.8) is 0 Å². The zero-order chi connectivity index (χ0) is 16.5. The summed E-state index contributed by atoms with van der Waals surface area (Å²) in [6, 6.07) is 11.8. The molecule has 1 amide bonds. The molecule has 3 aromatic rings. The van der Waals surface area contributed by atoms with Gasteiger partial charge in [0.25, 0.3) is 0 Å². The van der Waals surface area contributed by atoms with Gasteiger partial charge in [0, 0.05) is 23.6 Å². The second kappa shape index (κ2) is 5.73. The molecule has 1 aliphatic rings. The van der Waals surface area contributed by atoms with Gasteiger partial charge >= 0.3 is 6.01 Å². The SMILES string of the molecule is O=C1Cc2cc(-c3cnc(Oc4ccccc4F)nc3)ccc2N1. The molecule has 0 unspecified atom stereocenters. The Kier molecular flexibility index (Phi) is 3.42. The number of amides is 1. The van der Waals surface area contributed by atoms with Crippen molar-refractivity contribution in [2.45, 2.75) is 6.42 Å². The molecule has 0 radical (unpaired) electrons. The molecular formula is C18H12FN3O2. The van der Waals surface area contributed by atoms with Crippen molar-refractivity contribution in [3.05, 3.63) is 66.2 Å². The standard InChI is InChI=1S/C18H12FN3O2/c19-14-3-1-2-4-16(14)24-18-20-9-13(10-21-18)11-5-6-15-12(7-11)8-17(23)22-15/h1-7,9-10H,8H2,(H,22,23). The summed E-state index contributed by atoms with van der Waals surface area (Å²) in [5, 5.41) is 2.79. The van der Waals surface area contributed by atoms with E-state index in [0.717, 1.165) is 22.4 Å². The van der Waals surface area contributed by atoms with Crippen molar-refractivity contribution in [2.24, 2.45) is 0 Å². The zero-order valence-corrected chi connectivity index (χ0v) is 12.5. The molecule has 0 saturated carbocycles. The summed E-state index contributed by atoms with van der Waals surface area (Å²) in [4.78, 5) is 19.6. The highest BCUT2D eigenvalue weighted by Gasteiger charge is 2.18. The minimum absolute atomic E-state index is 0.00737. The van der Waals surface area contributed by atoms with Gasteiger partial charge < -0.3 is 10.1 Å². The highest BCUT2D eigenvalue weighted by molar-refractivity contribution is 5.99. The number of carbonyl (C=O) groups is 1. The number of hydrogen-bond acceptors (Lipinski definition) is 4. The number of nitrogens with one attached hydrogen (secondary N) is 1. The number of ether oxygens (including phenoxy) is 1. The lowest BCUT2D eigenvalue weighted by atomic mass is 10.0. The number of benzene rings is 2. The molecule has 24 heavy (non-hydrogen) atoms. The predicted octanol–water partition coefficient (Wildman–Crippen LogP) is 3.57. The van der Waals surface area contributed by atoms with E-state index in [2.05, 4.69) is 15.3 Å². The molecule has 0 atom stereocenters. The lowest BCUT2D eigenvalue weighted by Gasteiger charge is -2.06. The van der Waals surface area contributed by atoms with Crippen molar-refractivity contribution in [3.8, 4) is 22.9 Å². The fourth-order valence-corrected chi connectivity index (χ4v) is 2.55. The van der Waals surface area contributed by atoms with Gasteiger partial charge in [0.2, 0.25) is 5.91 Å². The van der Waals surface area contributed by atoms with Gasteiger partial charge in [-0.05, 0) is 35.4 Å². The average Bonchev–Trinajstić information content (AvgIpc) is 2.97. The number of fused-ring (bicyclic) bond motifs is 1. The van der Waals surface area contributed by atoms with Crippen LogP contribution in [0.4, 0.5) is 10.1 Å². The Balaban J connectivity index is 1.57. The van der Waals surface area contributed by atoms with E-state index in [9.17, 15) is 9.18 Å². The molecule has 0 spiro atoms. The Morgan fingerprint density at radius 2 is 1.83 bits per heavy atom.